The quantitative estimate of drug-likeness (QED) is 0.705. The van der Waals surface area contributed by atoms with Gasteiger partial charge < -0.3 is 14.2 Å². The highest BCUT2D eigenvalue weighted by Gasteiger charge is 2.20. The van der Waals surface area contributed by atoms with Crippen LogP contribution in [-0.2, 0) is 4.79 Å². The molecular weight excluding hydrogens is 333 g/mol. The van der Waals surface area contributed by atoms with Crippen LogP contribution in [0.1, 0.15) is 12.7 Å². The van der Waals surface area contributed by atoms with Gasteiger partial charge in [0.2, 0.25) is 5.91 Å². The molecule has 1 atom stereocenters. The van der Waals surface area contributed by atoms with Gasteiger partial charge in [0, 0.05) is 5.69 Å². The third-order valence-corrected chi connectivity index (χ3v) is 4.17. The Labute approximate surface area is 141 Å². The fourth-order valence-corrected chi connectivity index (χ4v) is 2.67. The molecule has 0 fully saturated rings. The number of thioether (sulfide) groups is 1. The standard InChI is InChI=1S/C16H14FN3O3S/c1-9-13(6-7-22-9)15-19-20-16(23-15)24-10(2)14(21)18-12-5-3-4-11(17)8-12/h3-8,10H,1-2H3,(H,18,21). The fourth-order valence-electron chi connectivity index (χ4n) is 1.99. The van der Waals surface area contributed by atoms with E-state index >= 15 is 0 Å². The largest absolute Gasteiger partial charge is 0.469 e. The predicted octanol–water partition coefficient (Wildman–Crippen LogP) is 3.90. The number of furan rings is 1. The number of carbonyl (C=O) groups is 1. The van der Waals surface area contributed by atoms with E-state index in [1.54, 1.807) is 26.0 Å². The molecule has 8 heteroatoms. The molecule has 0 aliphatic rings. The van der Waals surface area contributed by atoms with E-state index in [0.717, 1.165) is 11.8 Å². The minimum absolute atomic E-state index is 0.271. The fraction of sp³-hybridized carbons (Fsp3) is 0.188. The summed E-state index contributed by atoms with van der Waals surface area (Å²) < 4.78 is 23.9. The molecule has 0 aliphatic heterocycles. The van der Waals surface area contributed by atoms with Crippen LogP contribution in [0.4, 0.5) is 10.1 Å². The van der Waals surface area contributed by atoms with Crippen LogP contribution in [0.5, 0.6) is 0 Å². The molecule has 1 N–H and O–H groups in total. The molecular formula is C16H14FN3O3S. The van der Waals surface area contributed by atoms with Crippen LogP contribution in [0.15, 0.2) is 50.7 Å². The van der Waals surface area contributed by atoms with Gasteiger partial charge in [-0.25, -0.2) is 4.39 Å². The Kier molecular flexibility index (Phi) is 4.66. The highest BCUT2D eigenvalue weighted by atomic mass is 32.2. The van der Waals surface area contributed by atoms with E-state index in [-0.39, 0.29) is 11.1 Å². The van der Waals surface area contributed by atoms with Gasteiger partial charge in [0.05, 0.1) is 17.1 Å². The first-order valence-electron chi connectivity index (χ1n) is 7.14. The summed E-state index contributed by atoms with van der Waals surface area (Å²) in [6.07, 6.45) is 1.54. The lowest BCUT2D eigenvalue weighted by Crippen LogP contribution is -2.22. The first-order valence-corrected chi connectivity index (χ1v) is 8.02. The maximum Gasteiger partial charge on any atom is 0.277 e. The van der Waals surface area contributed by atoms with E-state index in [2.05, 4.69) is 15.5 Å². The highest BCUT2D eigenvalue weighted by Crippen LogP contribution is 2.28. The Morgan fingerprint density at radius 3 is 2.88 bits per heavy atom. The number of hydrogen-bond acceptors (Lipinski definition) is 6. The lowest BCUT2D eigenvalue weighted by Gasteiger charge is -2.09. The smallest absolute Gasteiger partial charge is 0.277 e. The van der Waals surface area contributed by atoms with Crippen LogP contribution in [0, 0.1) is 12.7 Å². The molecule has 2 aromatic heterocycles. The van der Waals surface area contributed by atoms with Gasteiger partial charge in [-0.05, 0) is 38.1 Å². The van der Waals surface area contributed by atoms with Crippen molar-refractivity contribution in [2.75, 3.05) is 5.32 Å². The van der Waals surface area contributed by atoms with Crippen molar-refractivity contribution < 1.29 is 18.0 Å². The van der Waals surface area contributed by atoms with Gasteiger partial charge in [-0.2, -0.15) is 0 Å². The maximum atomic E-state index is 13.1. The molecule has 0 saturated heterocycles. The SMILES string of the molecule is Cc1occc1-c1nnc(SC(C)C(=O)Nc2cccc(F)c2)o1. The summed E-state index contributed by atoms with van der Waals surface area (Å²) in [6.45, 7) is 3.49. The summed E-state index contributed by atoms with van der Waals surface area (Å²) in [7, 11) is 0. The first kappa shape index (κ1) is 16.3. The molecule has 1 amide bonds. The molecule has 1 unspecified atom stereocenters. The van der Waals surface area contributed by atoms with Gasteiger partial charge in [-0.15, -0.1) is 10.2 Å². The average molecular weight is 347 g/mol. The molecule has 0 aliphatic carbocycles. The number of aryl methyl sites for hydroxylation is 1. The molecule has 0 bridgehead atoms. The summed E-state index contributed by atoms with van der Waals surface area (Å²) in [5.74, 6) is 0.309. The summed E-state index contributed by atoms with van der Waals surface area (Å²) in [5, 5.41) is 10.3. The number of hydrogen-bond donors (Lipinski definition) is 1. The Balaban J connectivity index is 1.64. The van der Waals surface area contributed by atoms with Gasteiger partial charge in [0.25, 0.3) is 11.1 Å². The predicted molar refractivity (Wildman–Crippen MR) is 87.1 cm³/mol. The number of benzene rings is 1. The van der Waals surface area contributed by atoms with Crippen molar-refractivity contribution in [3.05, 3.63) is 48.2 Å². The van der Waals surface area contributed by atoms with Crippen molar-refractivity contribution in [3.8, 4) is 11.5 Å². The summed E-state index contributed by atoms with van der Waals surface area (Å²) in [5.41, 5.74) is 1.11. The minimum atomic E-state index is -0.494. The zero-order chi connectivity index (χ0) is 17.1. The second kappa shape index (κ2) is 6.88. The zero-order valence-electron chi connectivity index (χ0n) is 12.9. The van der Waals surface area contributed by atoms with Crippen LogP contribution in [0.2, 0.25) is 0 Å². The Morgan fingerprint density at radius 2 is 2.17 bits per heavy atom. The van der Waals surface area contributed by atoms with Gasteiger partial charge in [0.1, 0.15) is 11.6 Å². The third-order valence-electron chi connectivity index (χ3n) is 3.23. The van der Waals surface area contributed by atoms with E-state index in [1.807, 2.05) is 0 Å². The monoisotopic (exact) mass is 347 g/mol. The molecule has 2 heterocycles. The topological polar surface area (TPSA) is 81.2 Å². The van der Waals surface area contributed by atoms with Crippen molar-refractivity contribution in [2.24, 2.45) is 0 Å². The molecule has 0 radical (unpaired) electrons. The molecule has 124 valence electrons. The Bertz CT molecular complexity index is 862. The minimum Gasteiger partial charge on any atom is -0.469 e. The molecule has 0 spiro atoms. The number of amides is 1. The van der Waals surface area contributed by atoms with Crippen molar-refractivity contribution in [1.82, 2.24) is 10.2 Å². The van der Waals surface area contributed by atoms with Gasteiger partial charge in [0.15, 0.2) is 0 Å². The van der Waals surface area contributed by atoms with Crippen molar-refractivity contribution >= 4 is 23.4 Å². The number of nitrogens with one attached hydrogen (secondary N) is 1. The lowest BCUT2D eigenvalue weighted by molar-refractivity contribution is -0.115. The van der Waals surface area contributed by atoms with E-state index in [1.165, 1.54) is 24.5 Å². The second-order valence-corrected chi connectivity index (χ2v) is 6.32. The number of anilines is 1. The van der Waals surface area contributed by atoms with Crippen LogP contribution >= 0.6 is 11.8 Å². The number of carbonyl (C=O) groups excluding carboxylic acids is 1. The lowest BCUT2D eigenvalue weighted by atomic mass is 10.3. The molecule has 1 aromatic carbocycles. The van der Waals surface area contributed by atoms with E-state index in [9.17, 15) is 9.18 Å². The van der Waals surface area contributed by atoms with Crippen LogP contribution in [0.25, 0.3) is 11.5 Å². The van der Waals surface area contributed by atoms with E-state index < -0.39 is 11.1 Å². The molecule has 0 saturated carbocycles. The van der Waals surface area contributed by atoms with Gasteiger partial charge in [-0.3, -0.25) is 4.79 Å². The highest BCUT2D eigenvalue weighted by molar-refractivity contribution is 8.00. The number of halogens is 1. The van der Waals surface area contributed by atoms with Crippen LogP contribution in [-0.4, -0.2) is 21.4 Å². The average Bonchev–Trinajstić information content (AvgIpc) is 3.16. The molecule has 6 nitrogen and oxygen atoms in total. The van der Waals surface area contributed by atoms with Crippen LogP contribution in [0.3, 0.4) is 0 Å². The Morgan fingerprint density at radius 1 is 1.33 bits per heavy atom. The summed E-state index contributed by atoms with van der Waals surface area (Å²) in [6, 6.07) is 7.44. The van der Waals surface area contributed by atoms with Gasteiger partial charge >= 0.3 is 0 Å². The zero-order valence-corrected chi connectivity index (χ0v) is 13.8. The third kappa shape index (κ3) is 3.65. The molecule has 24 heavy (non-hydrogen) atoms. The van der Waals surface area contributed by atoms with Crippen molar-refractivity contribution in [2.45, 2.75) is 24.3 Å². The summed E-state index contributed by atoms with van der Waals surface area (Å²) in [4.78, 5) is 12.2. The normalized spacial score (nSPS) is 12.1. The summed E-state index contributed by atoms with van der Waals surface area (Å²) >= 11 is 1.12. The van der Waals surface area contributed by atoms with E-state index in [4.69, 9.17) is 8.83 Å². The van der Waals surface area contributed by atoms with Gasteiger partial charge in [-0.1, -0.05) is 17.8 Å². The number of rotatable bonds is 5. The molecule has 3 aromatic rings. The number of aromatic nitrogens is 2. The van der Waals surface area contributed by atoms with Crippen molar-refractivity contribution in [1.29, 1.82) is 0 Å². The maximum absolute atomic E-state index is 13.1. The van der Waals surface area contributed by atoms with Crippen molar-refractivity contribution in [3.63, 3.8) is 0 Å². The van der Waals surface area contributed by atoms with Crippen LogP contribution < -0.4 is 5.32 Å². The second-order valence-electron chi connectivity index (χ2n) is 5.02. The first-order chi connectivity index (χ1) is 11.5. The Hall–Kier alpha value is -2.61. The van der Waals surface area contributed by atoms with E-state index in [0.29, 0.717) is 22.9 Å². The molecule has 3 rings (SSSR count). The number of nitrogens with zero attached hydrogens (tertiary/aromatic N) is 2.